The molecule has 0 atom stereocenters. The first-order chi connectivity index (χ1) is 12.7. The Morgan fingerprint density at radius 1 is 0.962 bits per heavy atom. The van der Waals surface area contributed by atoms with Crippen molar-refractivity contribution in [2.24, 2.45) is 5.92 Å². The van der Waals surface area contributed by atoms with Crippen LogP contribution in [0.25, 0.3) is 11.1 Å². The molecule has 0 radical (unpaired) electrons. The van der Waals surface area contributed by atoms with Gasteiger partial charge >= 0.3 is 0 Å². The molecule has 0 N–H and O–H groups in total. The normalized spacial score (nSPS) is 20.1. The summed E-state index contributed by atoms with van der Waals surface area (Å²) in [5.74, 6) is 1.32. The molecule has 0 spiro atoms. The fraction of sp³-hybridized carbons (Fsp3) is 0.478. The molecule has 0 unspecified atom stereocenters. The molecule has 2 aromatic carbocycles. The van der Waals surface area contributed by atoms with Gasteiger partial charge in [0.05, 0.1) is 0 Å². The molecule has 140 valence electrons. The Kier molecular flexibility index (Phi) is 6.67. The van der Waals surface area contributed by atoms with E-state index in [-0.39, 0.29) is 18.4 Å². The van der Waals surface area contributed by atoms with Gasteiger partial charge in [-0.25, -0.2) is 4.39 Å². The SMILES string of the molecule is CCCC1CCC(c2ccccc2-c2cccc(OCOC)c2F)CC1. The van der Waals surface area contributed by atoms with Gasteiger partial charge < -0.3 is 9.47 Å². The van der Waals surface area contributed by atoms with Crippen LogP contribution in [-0.2, 0) is 4.74 Å². The predicted molar refractivity (Wildman–Crippen MR) is 104 cm³/mol. The van der Waals surface area contributed by atoms with E-state index < -0.39 is 0 Å². The van der Waals surface area contributed by atoms with Crippen LogP contribution in [0, 0.1) is 11.7 Å². The summed E-state index contributed by atoms with van der Waals surface area (Å²) in [5, 5.41) is 0. The molecule has 0 aromatic heterocycles. The second kappa shape index (κ2) is 9.18. The highest BCUT2D eigenvalue weighted by molar-refractivity contribution is 5.70. The molecular formula is C23H29FO2. The number of hydrogen-bond donors (Lipinski definition) is 0. The average Bonchev–Trinajstić information content (AvgIpc) is 2.68. The van der Waals surface area contributed by atoms with E-state index in [9.17, 15) is 0 Å². The lowest BCUT2D eigenvalue weighted by Gasteiger charge is -2.30. The first-order valence-electron chi connectivity index (χ1n) is 9.74. The van der Waals surface area contributed by atoms with Crippen LogP contribution < -0.4 is 4.74 Å². The topological polar surface area (TPSA) is 18.5 Å². The zero-order chi connectivity index (χ0) is 18.4. The van der Waals surface area contributed by atoms with Gasteiger partial charge in [-0.1, -0.05) is 56.2 Å². The van der Waals surface area contributed by atoms with Gasteiger partial charge in [0.15, 0.2) is 18.4 Å². The minimum atomic E-state index is -0.309. The Hall–Kier alpha value is -1.87. The fourth-order valence-corrected chi connectivity index (χ4v) is 4.22. The molecule has 2 nitrogen and oxygen atoms in total. The molecule has 0 heterocycles. The molecule has 0 bridgehead atoms. The van der Waals surface area contributed by atoms with Gasteiger partial charge in [-0.3, -0.25) is 0 Å². The van der Waals surface area contributed by atoms with Crippen LogP contribution in [0.2, 0.25) is 0 Å². The van der Waals surface area contributed by atoms with E-state index in [1.54, 1.807) is 6.07 Å². The zero-order valence-electron chi connectivity index (χ0n) is 15.8. The molecule has 0 amide bonds. The third kappa shape index (κ3) is 4.27. The molecule has 0 saturated heterocycles. The summed E-state index contributed by atoms with van der Waals surface area (Å²) < 4.78 is 25.3. The predicted octanol–water partition coefficient (Wildman–Crippen LogP) is 6.55. The van der Waals surface area contributed by atoms with E-state index in [4.69, 9.17) is 9.47 Å². The molecule has 0 aliphatic heterocycles. The highest BCUT2D eigenvalue weighted by atomic mass is 19.1. The number of halogens is 1. The van der Waals surface area contributed by atoms with Crippen molar-refractivity contribution >= 4 is 0 Å². The Morgan fingerprint density at radius 2 is 1.69 bits per heavy atom. The van der Waals surface area contributed by atoms with Gasteiger partial charge in [0.2, 0.25) is 0 Å². The van der Waals surface area contributed by atoms with Gasteiger partial charge in [0.1, 0.15) is 0 Å². The monoisotopic (exact) mass is 356 g/mol. The summed E-state index contributed by atoms with van der Waals surface area (Å²) in [4.78, 5) is 0. The fourth-order valence-electron chi connectivity index (χ4n) is 4.22. The lowest BCUT2D eigenvalue weighted by molar-refractivity contribution is 0.0484. The Bertz CT molecular complexity index is 705. The van der Waals surface area contributed by atoms with Crippen LogP contribution in [0.1, 0.15) is 56.9 Å². The van der Waals surface area contributed by atoms with Crippen LogP contribution in [0.3, 0.4) is 0 Å². The summed E-state index contributed by atoms with van der Waals surface area (Å²) in [7, 11) is 1.53. The van der Waals surface area contributed by atoms with Crippen molar-refractivity contribution in [3.63, 3.8) is 0 Å². The molecular weight excluding hydrogens is 327 g/mol. The maximum atomic E-state index is 15.0. The van der Waals surface area contributed by atoms with Crippen molar-refractivity contribution in [3.8, 4) is 16.9 Å². The summed E-state index contributed by atoms with van der Waals surface area (Å²) in [6.07, 6.45) is 7.57. The zero-order valence-corrected chi connectivity index (χ0v) is 15.8. The number of rotatable bonds is 7. The maximum Gasteiger partial charge on any atom is 0.188 e. The first kappa shape index (κ1) is 18.9. The minimum Gasteiger partial charge on any atom is -0.464 e. The lowest BCUT2D eigenvalue weighted by Crippen LogP contribution is -2.14. The van der Waals surface area contributed by atoms with Crippen LogP contribution in [0.4, 0.5) is 4.39 Å². The number of ether oxygens (including phenoxy) is 2. The van der Waals surface area contributed by atoms with Crippen molar-refractivity contribution in [1.82, 2.24) is 0 Å². The highest BCUT2D eigenvalue weighted by Gasteiger charge is 2.24. The van der Waals surface area contributed by atoms with Crippen LogP contribution in [-0.4, -0.2) is 13.9 Å². The summed E-state index contributed by atoms with van der Waals surface area (Å²) in [5.41, 5.74) is 2.88. The van der Waals surface area contributed by atoms with E-state index in [1.165, 1.54) is 51.2 Å². The second-order valence-electron chi connectivity index (χ2n) is 7.26. The van der Waals surface area contributed by atoms with Gasteiger partial charge in [-0.2, -0.15) is 0 Å². The smallest absolute Gasteiger partial charge is 0.188 e. The molecule has 2 aromatic rings. The van der Waals surface area contributed by atoms with Gasteiger partial charge in [0, 0.05) is 12.7 Å². The standard InChI is InChI=1S/C23H29FO2/c1-3-7-17-12-14-18(15-13-17)19-8-4-5-9-20(19)21-10-6-11-22(23(21)24)26-16-25-2/h4-6,8-11,17-18H,3,7,12-16H2,1-2H3. The van der Waals surface area contributed by atoms with Gasteiger partial charge in [-0.05, 0) is 54.7 Å². The van der Waals surface area contributed by atoms with Crippen molar-refractivity contribution in [2.75, 3.05) is 13.9 Å². The molecule has 26 heavy (non-hydrogen) atoms. The molecule has 1 aliphatic rings. The molecule has 3 rings (SSSR count). The quantitative estimate of drug-likeness (QED) is 0.524. The molecule has 1 fully saturated rings. The first-order valence-corrected chi connectivity index (χ1v) is 9.74. The van der Waals surface area contributed by atoms with Crippen molar-refractivity contribution in [3.05, 3.63) is 53.8 Å². The van der Waals surface area contributed by atoms with E-state index in [2.05, 4.69) is 19.1 Å². The van der Waals surface area contributed by atoms with Crippen LogP contribution >= 0.6 is 0 Å². The van der Waals surface area contributed by atoms with E-state index in [0.29, 0.717) is 11.5 Å². The highest BCUT2D eigenvalue weighted by Crippen LogP contribution is 2.42. The van der Waals surface area contributed by atoms with E-state index in [0.717, 1.165) is 11.5 Å². The average molecular weight is 356 g/mol. The summed E-state index contributed by atoms with van der Waals surface area (Å²) in [6, 6.07) is 13.6. The minimum absolute atomic E-state index is 0.0451. The van der Waals surface area contributed by atoms with E-state index >= 15 is 4.39 Å². The second-order valence-corrected chi connectivity index (χ2v) is 7.26. The van der Waals surface area contributed by atoms with Crippen molar-refractivity contribution in [1.29, 1.82) is 0 Å². The van der Waals surface area contributed by atoms with E-state index in [1.807, 2.05) is 24.3 Å². The third-order valence-electron chi connectivity index (χ3n) is 5.53. The lowest BCUT2D eigenvalue weighted by atomic mass is 9.75. The largest absolute Gasteiger partial charge is 0.464 e. The molecule has 1 aliphatic carbocycles. The summed E-state index contributed by atoms with van der Waals surface area (Å²) in [6.45, 7) is 2.31. The van der Waals surface area contributed by atoms with Crippen LogP contribution in [0.5, 0.6) is 5.75 Å². The summed E-state index contributed by atoms with van der Waals surface area (Å²) >= 11 is 0. The number of benzene rings is 2. The Balaban J connectivity index is 1.86. The number of hydrogen-bond acceptors (Lipinski definition) is 2. The van der Waals surface area contributed by atoms with Crippen molar-refractivity contribution < 1.29 is 13.9 Å². The Labute approximate surface area is 156 Å². The van der Waals surface area contributed by atoms with Gasteiger partial charge in [0.25, 0.3) is 0 Å². The molecule has 1 saturated carbocycles. The van der Waals surface area contributed by atoms with Crippen LogP contribution in [0.15, 0.2) is 42.5 Å². The number of methoxy groups -OCH3 is 1. The van der Waals surface area contributed by atoms with Crippen molar-refractivity contribution in [2.45, 2.75) is 51.4 Å². The third-order valence-corrected chi connectivity index (χ3v) is 5.53. The maximum absolute atomic E-state index is 15.0. The van der Waals surface area contributed by atoms with Gasteiger partial charge in [-0.15, -0.1) is 0 Å². The Morgan fingerprint density at radius 3 is 2.42 bits per heavy atom. The molecule has 3 heteroatoms.